The van der Waals surface area contributed by atoms with Crippen LogP contribution in [0.3, 0.4) is 0 Å². The van der Waals surface area contributed by atoms with Gasteiger partial charge in [-0.05, 0) is 66.2 Å². The van der Waals surface area contributed by atoms with Crippen molar-refractivity contribution >= 4 is 18.3 Å². The monoisotopic (exact) mass is 401 g/mol. The summed E-state index contributed by atoms with van der Waals surface area (Å²) in [7, 11) is 0. The van der Waals surface area contributed by atoms with Crippen LogP contribution in [-0.2, 0) is 0 Å². The van der Waals surface area contributed by atoms with Crippen molar-refractivity contribution in [2.45, 2.75) is 19.9 Å². The molecule has 1 aromatic heterocycles. The molecule has 0 bridgehead atoms. The molecule has 0 saturated carbocycles. The number of halogens is 1. The number of carbonyl (C=O) groups excluding carboxylic acids is 1. The molecule has 4 rings (SSSR count). The van der Waals surface area contributed by atoms with Crippen molar-refractivity contribution in [3.63, 3.8) is 0 Å². The molecule has 1 unspecified atom stereocenters. The van der Waals surface area contributed by atoms with Crippen LogP contribution in [0, 0.1) is 6.92 Å². The van der Waals surface area contributed by atoms with Gasteiger partial charge >= 0.3 is 0 Å². The number of ether oxygens (including phenoxy) is 2. The Hall–Kier alpha value is -3.13. The third kappa shape index (κ3) is 3.91. The van der Waals surface area contributed by atoms with Crippen molar-refractivity contribution in [3.05, 3.63) is 59.4 Å². The summed E-state index contributed by atoms with van der Waals surface area (Å²) in [4.78, 5) is 12.6. The van der Waals surface area contributed by atoms with E-state index in [2.05, 4.69) is 20.8 Å². The minimum atomic E-state index is -0.172. The molecule has 0 fully saturated rings. The number of amides is 1. The minimum Gasteiger partial charge on any atom is -0.486 e. The Morgan fingerprint density at radius 3 is 2.50 bits per heavy atom. The number of nitrogens with zero attached hydrogens (tertiary/aromatic N) is 4. The molecule has 1 N–H and O–H groups in total. The largest absolute Gasteiger partial charge is 0.486 e. The zero-order valence-electron chi connectivity index (χ0n) is 15.5. The van der Waals surface area contributed by atoms with Crippen molar-refractivity contribution in [2.24, 2.45) is 0 Å². The number of carbonyl (C=O) groups is 1. The Morgan fingerprint density at radius 2 is 1.82 bits per heavy atom. The van der Waals surface area contributed by atoms with Crippen molar-refractivity contribution in [3.8, 4) is 17.2 Å². The number of fused-ring (bicyclic) bond motifs is 1. The second-order valence-corrected chi connectivity index (χ2v) is 6.28. The van der Waals surface area contributed by atoms with Gasteiger partial charge in [-0.2, -0.15) is 4.68 Å². The molecule has 28 heavy (non-hydrogen) atoms. The van der Waals surface area contributed by atoms with Gasteiger partial charge in [0, 0.05) is 5.56 Å². The Balaban J connectivity index is 0.00000225. The third-order valence-corrected chi connectivity index (χ3v) is 4.41. The minimum absolute atomic E-state index is 0. The lowest BCUT2D eigenvalue weighted by atomic mass is 10.1. The van der Waals surface area contributed by atoms with Gasteiger partial charge in [0.2, 0.25) is 0 Å². The van der Waals surface area contributed by atoms with Gasteiger partial charge in [0.05, 0.1) is 11.7 Å². The number of rotatable bonds is 4. The summed E-state index contributed by atoms with van der Waals surface area (Å²) < 4.78 is 12.7. The fourth-order valence-electron chi connectivity index (χ4n) is 2.92. The van der Waals surface area contributed by atoms with E-state index in [0.717, 1.165) is 17.0 Å². The number of benzene rings is 2. The Bertz CT molecular complexity index is 974. The molecule has 1 amide bonds. The van der Waals surface area contributed by atoms with Crippen LogP contribution < -0.4 is 14.8 Å². The molecule has 2 aromatic carbocycles. The van der Waals surface area contributed by atoms with Crippen LogP contribution in [0.15, 0.2) is 42.5 Å². The summed E-state index contributed by atoms with van der Waals surface area (Å²) in [5, 5.41) is 14.4. The lowest BCUT2D eigenvalue weighted by Crippen LogP contribution is -2.26. The molecule has 9 heteroatoms. The van der Waals surface area contributed by atoms with E-state index in [1.807, 2.05) is 44.2 Å². The molecule has 146 valence electrons. The normalized spacial score (nSPS) is 13.4. The Labute approximate surface area is 168 Å². The summed E-state index contributed by atoms with van der Waals surface area (Å²) in [5.41, 5.74) is 2.32. The van der Waals surface area contributed by atoms with Gasteiger partial charge in [0.1, 0.15) is 13.2 Å². The number of tetrazole rings is 1. The van der Waals surface area contributed by atoms with Gasteiger partial charge in [-0.25, -0.2) is 0 Å². The average molecular weight is 402 g/mol. The third-order valence-electron chi connectivity index (χ3n) is 4.41. The van der Waals surface area contributed by atoms with Crippen molar-refractivity contribution in [1.29, 1.82) is 0 Å². The SMILES string of the molecule is Cc1nnnn1-c1ccc(C(=O)NC(C)c2ccc3c(c2)OCCO3)cc1.Cl. The first-order valence-corrected chi connectivity index (χ1v) is 8.67. The zero-order valence-corrected chi connectivity index (χ0v) is 16.3. The van der Waals surface area contributed by atoms with Crippen molar-refractivity contribution in [1.82, 2.24) is 25.5 Å². The molecule has 0 spiro atoms. The number of hydrogen-bond acceptors (Lipinski definition) is 6. The summed E-state index contributed by atoms with van der Waals surface area (Å²) >= 11 is 0. The smallest absolute Gasteiger partial charge is 0.251 e. The van der Waals surface area contributed by atoms with E-state index < -0.39 is 0 Å². The number of aryl methyl sites for hydroxylation is 1. The van der Waals surface area contributed by atoms with Crippen LogP contribution in [0.25, 0.3) is 5.69 Å². The van der Waals surface area contributed by atoms with Crippen LogP contribution in [0.2, 0.25) is 0 Å². The molecular formula is C19H20ClN5O3. The lowest BCUT2D eigenvalue weighted by molar-refractivity contribution is 0.0939. The fourth-order valence-corrected chi connectivity index (χ4v) is 2.92. The summed E-state index contributed by atoms with van der Waals surface area (Å²) in [6.45, 7) is 4.83. The Morgan fingerprint density at radius 1 is 1.11 bits per heavy atom. The van der Waals surface area contributed by atoms with Gasteiger partial charge < -0.3 is 14.8 Å². The highest BCUT2D eigenvalue weighted by atomic mass is 35.5. The van der Waals surface area contributed by atoms with E-state index in [4.69, 9.17) is 9.47 Å². The van der Waals surface area contributed by atoms with Gasteiger partial charge in [-0.3, -0.25) is 4.79 Å². The van der Waals surface area contributed by atoms with Crippen LogP contribution in [-0.4, -0.2) is 39.3 Å². The van der Waals surface area contributed by atoms with Crippen LogP contribution in [0.5, 0.6) is 11.5 Å². The molecule has 0 saturated heterocycles. The van der Waals surface area contributed by atoms with E-state index >= 15 is 0 Å². The molecule has 0 aliphatic carbocycles. The topological polar surface area (TPSA) is 91.2 Å². The molecule has 1 aliphatic rings. The van der Waals surface area contributed by atoms with Gasteiger partial charge in [0.25, 0.3) is 5.91 Å². The van der Waals surface area contributed by atoms with E-state index in [0.29, 0.717) is 30.4 Å². The molecular weight excluding hydrogens is 382 g/mol. The molecule has 0 radical (unpaired) electrons. The maximum Gasteiger partial charge on any atom is 0.251 e. The predicted molar refractivity (Wildman–Crippen MR) is 104 cm³/mol. The summed E-state index contributed by atoms with van der Waals surface area (Å²) in [5.74, 6) is 1.97. The second-order valence-electron chi connectivity index (χ2n) is 6.28. The van der Waals surface area contributed by atoms with Crippen LogP contribution in [0.1, 0.15) is 34.7 Å². The fraction of sp³-hybridized carbons (Fsp3) is 0.263. The average Bonchev–Trinajstić information content (AvgIpc) is 3.13. The first kappa shape index (κ1) is 19.6. The quantitative estimate of drug-likeness (QED) is 0.722. The van der Waals surface area contributed by atoms with Gasteiger partial charge in [-0.1, -0.05) is 6.07 Å². The first-order valence-electron chi connectivity index (χ1n) is 8.67. The Kier molecular flexibility index (Phi) is 5.79. The van der Waals surface area contributed by atoms with Crippen LogP contribution >= 0.6 is 12.4 Å². The van der Waals surface area contributed by atoms with E-state index in [9.17, 15) is 4.79 Å². The summed E-state index contributed by atoms with van der Waals surface area (Å²) in [6.07, 6.45) is 0. The first-order chi connectivity index (χ1) is 13.1. The molecule has 1 aliphatic heterocycles. The van der Waals surface area contributed by atoms with E-state index in [1.165, 1.54) is 0 Å². The maximum absolute atomic E-state index is 12.6. The van der Waals surface area contributed by atoms with Gasteiger partial charge in [0.15, 0.2) is 17.3 Å². The van der Waals surface area contributed by atoms with E-state index in [-0.39, 0.29) is 24.4 Å². The zero-order chi connectivity index (χ0) is 18.8. The molecule has 3 aromatic rings. The summed E-state index contributed by atoms with van der Waals surface area (Å²) in [6, 6.07) is 12.7. The second kappa shape index (κ2) is 8.26. The highest BCUT2D eigenvalue weighted by molar-refractivity contribution is 5.94. The highest BCUT2D eigenvalue weighted by Gasteiger charge is 2.16. The number of nitrogens with one attached hydrogen (secondary N) is 1. The van der Waals surface area contributed by atoms with E-state index in [1.54, 1.807) is 16.8 Å². The molecule has 2 heterocycles. The molecule has 8 nitrogen and oxygen atoms in total. The standard InChI is InChI=1S/C19H19N5O3.ClH/c1-12(15-5-8-17-18(11-15)27-10-9-26-17)20-19(25)14-3-6-16(7-4-14)24-13(2)21-22-23-24;/h3-8,11-12H,9-10H2,1-2H3,(H,20,25);1H. The number of aromatic nitrogens is 4. The number of hydrogen-bond donors (Lipinski definition) is 1. The van der Waals surface area contributed by atoms with Crippen molar-refractivity contribution in [2.75, 3.05) is 13.2 Å². The maximum atomic E-state index is 12.6. The van der Waals surface area contributed by atoms with Crippen LogP contribution in [0.4, 0.5) is 0 Å². The highest BCUT2D eigenvalue weighted by Crippen LogP contribution is 2.32. The van der Waals surface area contributed by atoms with Crippen molar-refractivity contribution < 1.29 is 14.3 Å². The predicted octanol–water partition coefficient (Wildman–Crippen LogP) is 2.65. The molecule has 1 atom stereocenters. The van der Waals surface area contributed by atoms with Gasteiger partial charge in [-0.15, -0.1) is 17.5 Å². The lowest BCUT2D eigenvalue weighted by Gasteiger charge is -2.21.